The minimum absolute atomic E-state index is 0.737. The smallest absolute Gasteiger partial charge is 0.324 e. The molecule has 0 N–H and O–H groups in total. The van der Waals surface area contributed by atoms with Crippen molar-refractivity contribution in [1.29, 1.82) is 0 Å². The Hall–Kier alpha value is 0.137. The lowest BCUT2D eigenvalue weighted by atomic mass is 9.81. The van der Waals surface area contributed by atoms with Crippen molar-refractivity contribution in [2.24, 2.45) is 11.8 Å². The average Bonchev–Trinajstić information content (AvgIpc) is 2.13. The van der Waals surface area contributed by atoms with Crippen LogP contribution >= 0.6 is 0 Å². The topological polar surface area (TPSA) is 18.5 Å². The summed E-state index contributed by atoms with van der Waals surface area (Å²) in [7, 11) is 2.25. The standard InChI is InChI=1S/C10H22O2Si/c1-8-5-6-10(7-9(8)2)13(11-3)12-4/h8-10,13H,5-7H2,1-4H3. The molecule has 1 aliphatic rings. The zero-order valence-electron chi connectivity index (χ0n) is 9.25. The van der Waals surface area contributed by atoms with Gasteiger partial charge in [0.15, 0.2) is 0 Å². The Bertz CT molecular complexity index is 148. The maximum atomic E-state index is 5.44. The fourth-order valence-corrected chi connectivity index (χ4v) is 4.40. The Morgan fingerprint density at radius 2 is 1.62 bits per heavy atom. The maximum absolute atomic E-state index is 5.44. The molecule has 0 aromatic heterocycles. The normalized spacial score (nSPS) is 35.3. The van der Waals surface area contributed by atoms with Crippen molar-refractivity contribution in [1.82, 2.24) is 0 Å². The highest BCUT2D eigenvalue weighted by Crippen LogP contribution is 2.38. The zero-order chi connectivity index (χ0) is 9.84. The van der Waals surface area contributed by atoms with Crippen molar-refractivity contribution in [2.45, 2.75) is 38.7 Å². The Morgan fingerprint density at radius 3 is 2.08 bits per heavy atom. The zero-order valence-corrected chi connectivity index (χ0v) is 10.4. The highest BCUT2D eigenvalue weighted by Gasteiger charge is 2.32. The summed E-state index contributed by atoms with van der Waals surface area (Å²) in [4.78, 5) is 0. The van der Waals surface area contributed by atoms with Crippen LogP contribution in [0.25, 0.3) is 0 Å². The lowest BCUT2D eigenvalue weighted by Crippen LogP contribution is -2.31. The van der Waals surface area contributed by atoms with Crippen LogP contribution in [0.2, 0.25) is 5.54 Å². The van der Waals surface area contributed by atoms with Crippen LogP contribution in [0.4, 0.5) is 0 Å². The molecule has 0 spiro atoms. The summed E-state index contributed by atoms with van der Waals surface area (Å²) in [5.41, 5.74) is 0.737. The molecule has 0 aromatic rings. The lowest BCUT2D eigenvalue weighted by molar-refractivity contribution is 0.214. The first kappa shape index (κ1) is 11.2. The third-order valence-corrected chi connectivity index (χ3v) is 5.79. The molecule has 1 saturated carbocycles. The van der Waals surface area contributed by atoms with E-state index in [1.165, 1.54) is 19.3 Å². The van der Waals surface area contributed by atoms with E-state index in [1.807, 2.05) is 0 Å². The minimum Gasteiger partial charge on any atom is -0.400 e. The highest BCUT2D eigenvalue weighted by molar-refractivity contribution is 6.46. The van der Waals surface area contributed by atoms with Gasteiger partial charge in [0.2, 0.25) is 0 Å². The molecule has 0 aliphatic heterocycles. The number of hydrogen-bond acceptors (Lipinski definition) is 2. The first-order valence-corrected chi connectivity index (χ1v) is 6.85. The fraction of sp³-hybridized carbons (Fsp3) is 1.00. The van der Waals surface area contributed by atoms with Crippen molar-refractivity contribution >= 4 is 9.28 Å². The molecule has 0 heterocycles. The third kappa shape index (κ3) is 2.79. The monoisotopic (exact) mass is 202 g/mol. The maximum Gasteiger partial charge on any atom is 0.324 e. The molecule has 2 nitrogen and oxygen atoms in total. The predicted octanol–water partition coefficient (Wildman–Crippen LogP) is 2.33. The van der Waals surface area contributed by atoms with Gasteiger partial charge in [0.1, 0.15) is 0 Å². The quantitative estimate of drug-likeness (QED) is 0.654. The van der Waals surface area contributed by atoms with E-state index in [0.29, 0.717) is 0 Å². The molecule has 0 amide bonds. The van der Waals surface area contributed by atoms with E-state index in [1.54, 1.807) is 14.2 Å². The van der Waals surface area contributed by atoms with Crippen LogP contribution in [-0.4, -0.2) is 23.5 Å². The van der Waals surface area contributed by atoms with Gasteiger partial charge >= 0.3 is 9.28 Å². The molecule has 13 heavy (non-hydrogen) atoms. The second-order valence-corrected chi connectivity index (χ2v) is 6.99. The fourth-order valence-electron chi connectivity index (χ4n) is 2.32. The van der Waals surface area contributed by atoms with Crippen molar-refractivity contribution in [3.63, 3.8) is 0 Å². The summed E-state index contributed by atoms with van der Waals surface area (Å²) in [6.07, 6.45) is 3.96. The van der Waals surface area contributed by atoms with Gasteiger partial charge in [-0.05, 0) is 24.7 Å². The van der Waals surface area contributed by atoms with Gasteiger partial charge < -0.3 is 8.85 Å². The van der Waals surface area contributed by atoms with Gasteiger partial charge in [-0.2, -0.15) is 0 Å². The molecule has 0 saturated heterocycles. The first-order valence-electron chi connectivity index (χ1n) is 5.24. The summed E-state index contributed by atoms with van der Waals surface area (Å²) in [6.45, 7) is 4.71. The summed E-state index contributed by atoms with van der Waals surface area (Å²) < 4.78 is 10.9. The van der Waals surface area contributed by atoms with Gasteiger partial charge in [0.25, 0.3) is 0 Å². The van der Waals surface area contributed by atoms with Crippen molar-refractivity contribution < 1.29 is 8.85 Å². The van der Waals surface area contributed by atoms with E-state index < -0.39 is 9.28 Å². The van der Waals surface area contributed by atoms with Crippen molar-refractivity contribution in [3.8, 4) is 0 Å². The summed E-state index contributed by atoms with van der Waals surface area (Å²) in [5.74, 6) is 1.73. The van der Waals surface area contributed by atoms with Crippen molar-refractivity contribution in [3.05, 3.63) is 0 Å². The largest absolute Gasteiger partial charge is 0.400 e. The Labute approximate surface area is 83.5 Å². The Morgan fingerprint density at radius 1 is 1.00 bits per heavy atom. The molecular formula is C10H22O2Si. The lowest BCUT2D eigenvalue weighted by Gasteiger charge is -2.34. The van der Waals surface area contributed by atoms with Crippen LogP contribution in [0.15, 0.2) is 0 Å². The van der Waals surface area contributed by atoms with E-state index in [4.69, 9.17) is 8.85 Å². The molecular weight excluding hydrogens is 180 g/mol. The van der Waals surface area contributed by atoms with E-state index in [0.717, 1.165) is 17.4 Å². The summed E-state index contributed by atoms with van der Waals surface area (Å²) in [6, 6.07) is 0. The van der Waals surface area contributed by atoms with Crippen LogP contribution in [0.3, 0.4) is 0 Å². The molecule has 3 unspecified atom stereocenters. The molecule has 0 bridgehead atoms. The molecule has 0 radical (unpaired) electrons. The summed E-state index contributed by atoms with van der Waals surface area (Å²) in [5, 5.41) is 0. The van der Waals surface area contributed by atoms with Gasteiger partial charge in [-0.15, -0.1) is 0 Å². The van der Waals surface area contributed by atoms with Gasteiger partial charge in [-0.25, -0.2) is 0 Å². The molecule has 3 heteroatoms. The van der Waals surface area contributed by atoms with Crippen molar-refractivity contribution in [2.75, 3.05) is 14.2 Å². The van der Waals surface area contributed by atoms with Crippen LogP contribution in [-0.2, 0) is 8.85 Å². The van der Waals surface area contributed by atoms with Gasteiger partial charge in [0, 0.05) is 19.8 Å². The van der Waals surface area contributed by atoms with Gasteiger partial charge in [-0.3, -0.25) is 0 Å². The van der Waals surface area contributed by atoms with E-state index in [9.17, 15) is 0 Å². The van der Waals surface area contributed by atoms with E-state index in [2.05, 4.69) is 13.8 Å². The van der Waals surface area contributed by atoms with Gasteiger partial charge in [0.05, 0.1) is 0 Å². The van der Waals surface area contributed by atoms with Crippen LogP contribution in [0, 0.1) is 11.8 Å². The molecule has 78 valence electrons. The predicted molar refractivity (Wildman–Crippen MR) is 57.1 cm³/mol. The highest BCUT2D eigenvalue weighted by atomic mass is 28.3. The molecule has 1 aliphatic carbocycles. The average molecular weight is 202 g/mol. The summed E-state index contributed by atoms with van der Waals surface area (Å²) >= 11 is 0. The molecule has 0 aromatic carbocycles. The minimum atomic E-state index is -1.34. The molecule has 1 rings (SSSR count). The SMILES string of the molecule is CO[SiH](OC)C1CCC(C)C(C)C1. The van der Waals surface area contributed by atoms with E-state index in [-0.39, 0.29) is 0 Å². The van der Waals surface area contributed by atoms with E-state index >= 15 is 0 Å². The number of hydrogen-bond donors (Lipinski definition) is 0. The second-order valence-electron chi connectivity index (χ2n) is 4.37. The van der Waals surface area contributed by atoms with Crippen LogP contribution < -0.4 is 0 Å². The first-order chi connectivity index (χ1) is 6.19. The molecule has 3 atom stereocenters. The van der Waals surface area contributed by atoms with Gasteiger partial charge in [-0.1, -0.05) is 20.3 Å². The third-order valence-electron chi connectivity index (χ3n) is 3.49. The van der Waals surface area contributed by atoms with Crippen LogP contribution in [0.1, 0.15) is 33.1 Å². The Balaban J connectivity index is 2.44. The number of rotatable bonds is 3. The second kappa shape index (κ2) is 5.13. The Kier molecular flexibility index (Phi) is 4.42. The van der Waals surface area contributed by atoms with Crippen LogP contribution in [0.5, 0.6) is 0 Å². The molecule has 1 fully saturated rings.